The van der Waals surface area contributed by atoms with Crippen molar-refractivity contribution in [2.24, 2.45) is 0 Å². The van der Waals surface area contributed by atoms with Gasteiger partial charge < -0.3 is 4.74 Å². The number of nitrogens with zero attached hydrogens (tertiary/aromatic N) is 5. The van der Waals surface area contributed by atoms with E-state index >= 15 is 0 Å². The van der Waals surface area contributed by atoms with E-state index < -0.39 is 6.67 Å². The molecule has 170 valence electrons. The van der Waals surface area contributed by atoms with Gasteiger partial charge in [-0.3, -0.25) is 9.58 Å². The number of ether oxygens (including phenoxy) is 1. The van der Waals surface area contributed by atoms with Crippen molar-refractivity contribution in [3.8, 4) is 5.69 Å². The predicted octanol–water partition coefficient (Wildman–Crippen LogP) is 4.76. The van der Waals surface area contributed by atoms with Crippen LogP contribution in [0.25, 0.3) is 16.6 Å². The summed E-state index contributed by atoms with van der Waals surface area (Å²) in [4.78, 5) is 2.57. The molecule has 0 radical (unpaired) electrons. The number of piperidine rings is 1. The van der Waals surface area contributed by atoms with Gasteiger partial charge in [0.25, 0.3) is 0 Å². The van der Waals surface area contributed by atoms with E-state index in [0.29, 0.717) is 24.5 Å². The van der Waals surface area contributed by atoms with Crippen LogP contribution in [0.3, 0.4) is 0 Å². The molecule has 8 heteroatoms. The van der Waals surface area contributed by atoms with Gasteiger partial charge in [0, 0.05) is 17.0 Å². The number of allylic oxidation sites excluding steroid dienone is 1. The smallest absolute Gasteiger partial charge is 0.110 e. The summed E-state index contributed by atoms with van der Waals surface area (Å²) in [7, 11) is 0. The molecule has 5 rings (SSSR count). The normalized spacial score (nSPS) is 19.3. The fourth-order valence-corrected chi connectivity index (χ4v) is 5.14. The number of likely N-dealkylation sites (tertiary alicyclic amines) is 1. The first-order valence-corrected chi connectivity index (χ1v) is 11.6. The Labute approximate surface area is 192 Å². The maximum atomic E-state index is 12.7. The van der Waals surface area contributed by atoms with E-state index in [2.05, 4.69) is 34.7 Å². The van der Waals surface area contributed by atoms with E-state index in [1.807, 2.05) is 23.1 Å². The number of benzene rings is 1. The predicted molar refractivity (Wildman–Crippen MR) is 124 cm³/mol. The molecule has 0 N–H and O–H groups in total. The number of alkyl halides is 1. The van der Waals surface area contributed by atoms with Gasteiger partial charge in [-0.2, -0.15) is 10.2 Å². The second-order valence-corrected chi connectivity index (χ2v) is 9.74. The molecule has 2 saturated heterocycles. The van der Waals surface area contributed by atoms with Crippen molar-refractivity contribution in [3.05, 3.63) is 53.5 Å². The molecule has 0 aliphatic carbocycles. The molecule has 0 amide bonds. The van der Waals surface area contributed by atoms with E-state index in [0.717, 1.165) is 60.8 Å². The zero-order valence-corrected chi connectivity index (χ0v) is 19.2. The Morgan fingerprint density at radius 3 is 2.72 bits per heavy atom. The van der Waals surface area contributed by atoms with Crippen LogP contribution < -0.4 is 0 Å². The number of fused-ring (bicyclic) bond motifs is 1. The average Bonchev–Trinajstić information content (AvgIpc) is 3.41. The minimum Gasteiger partial charge on any atom is -0.377 e. The number of halogens is 2. The van der Waals surface area contributed by atoms with E-state index in [9.17, 15) is 4.39 Å². The van der Waals surface area contributed by atoms with Crippen LogP contribution in [0.1, 0.15) is 37.7 Å². The Bertz CT molecular complexity index is 1130. The first kappa shape index (κ1) is 21.6. The Kier molecular flexibility index (Phi) is 5.82. The molecule has 4 heterocycles. The molecule has 0 bridgehead atoms. The molecule has 3 aromatic rings. The Morgan fingerprint density at radius 2 is 2.03 bits per heavy atom. The van der Waals surface area contributed by atoms with Gasteiger partial charge in [0.1, 0.15) is 12.4 Å². The van der Waals surface area contributed by atoms with E-state index in [1.54, 1.807) is 10.9 Å². The molecule has 1 aromatic carbocycles. The van der Waals surface area contributed by atoms with Gasteiger partial charge in [0.05, 0.1) is 42.9 Å². The lowest BCUT2D eigenvalue weighted by molar-refractivity contribution is -0.136. The molecule has 2 aliphatic rings. The van der Waals surface area contributed by atoms with Crippen molar-refractivity contribution in [2.45, 2.75) is 44.2 Å². The number of aromatic nitrogens is 4. The summed E-state index contributed by atoms with van der Waals surface area (Å²) in [5.41, 5.74) is 3.89. The summed E-state index contributed by atoms with van der Waals surface area (Å²) in [6.07, 6.45) is 8.32. The highest BCUT2D eigenvalue weighted by atomic mass is 35.5. The Hall–Kier alpha value is -2.22. The van der Waals surface area contributed by atoms with Crippen molar-refractivity contribution >= 4 is 22.5 Å². The van der Waals surface area contributed by atoms with Crippen LogP contribution >= 0.6 is 11.6 Å². The van der Waals surface area contributed by atoms with E-state index in [-0.39, 0.29) is 5.54 Å². The summed E-state index contributed by atoms with van der Waals surface area (Å²) < 4.78 is 21.8. The van der Waals surface area contributed by atoms with Crippen molar-refractivity contribution in [1.82, 2.24) is 24.5 Å². The molecular formula is C24H29ClFN5O. The topological polar surface area (TPSA) is 48.1 Å². The van der Waals surface area contributed by atoms with E-state index in [1.165, 1.54) is 5.56 Å². The number of hydrogen-bond donors (Lipinski definition) is 0. The van der Waals surface area contributed by atoms with Gasteiger partial charge in [0.2, 0.25) is 0 Å². The second-order valence-electron chi connectivity index (χ2n) is 9.34. The minimum atomic E-state index is -0.493. The molecule has 0 atom stereocenters. The lowest BCUT2D eigenvalue weighted by atomic mass is 9.86. The van der Waals surface area contributed by atoms with Crippen LogP contribution in [0.5, 0.6) is 0 Å². The van der Waals surface area contributed by atoms with Crippen molar-refractivity contribution in [3.63, 3.8) is 0 Å². The quantitative estimate of drug-likeness (QED) is 0.480. The SMILES string of the molecule is C=C(CF)CCn1cc(-n2ncc3cc(Cl)c(C4CCN(C5(C)COC5)CC4)cc32)cn1. The first-order chi connectivity index (χ1) is 15.5. The third-order valence-corrected chi connectivity index (χ3v) is 7.29. The zero-order chi connectivity index (χ0) is 22.3. The van der Waals surface area contributed by atoms with Gasteiger partial charge in [-0.1, -0.05) is 18.2 Å². The molecule has 0 spiro atoms. The Balaban J connectivity index is 1.36. The molecule has 2 aromatic heterocycles. The summed E-state index contributed by atoms with van der Waals surface area (Å²) in [5, 5.41) is 10.8. The number of aryl methyl sites for hydroxylation is 1. The summed E-state index contributed by atoms with van der Waals surface area (Å²) in [5.74, 6) is 0.436. The van der Waals surface area contributed by atoms with Crippen LogP contribution in [0.15, 0.2) is 42.9 Å². The molecule has 2 fully saturated rings. The largest absolute Gasteiger partial charge is 0.377 e. The molecule has 0 unspecified atom stereocenters. The standard InChI is InChI=1S/C24H29ClFN5O/c1-17(11-26)3-8-30-14-20(13-27-30)31-23-10-21(22(25)9-19(23)12-28-31)18-4-6-29(7-5-18)24(2)15-32-16-24/h9-10,12-14,18H,1,3-8,11,15-16H2,2H3. The van der Waals surface area contributed by atoms with Crippen molar-refractivity contribution in [2.75, 3.05) is 33.0 Å². The van der Waals surface area contributed by atoms with Crippen molar-refractivity contribution in [1.29, 1.82) is 0 Å². The highest BCUT2D eigenvalue weighted by molar-refractivity contribution is 6.32. The van der Waals surface area contributed by atoms with Crippen molar-refractivity contribution < 1.29 is 9.13 Å². The third-order valence-electron chi connectivity index (χ3n) is 6.96. The Morgan fingerprint density at radius 1 is 1.25 bits per heavy atom. The van der Waals surface area contributed by atoms with Crippen LogP contribution in [-0.4, -0.2) is 63.0 Å². The maximum absolute atomic E-state index is 12.7. The summed E-state index contributed by atoms with van der Waals surface area (Å²) in [6, 6.07) is 4.22. The molecule has 0 saturated carbocycles. The van der Waals surface area contributed by atoms with E-state index in [4.69, 9.17) is 16.3 Å². The van der Waals surface area contributed by atoms with Gasteiger partial charge in [-0.25, -0.2) is 9.07 Å². The highest BCUT2D eigenvalue weighted by Crippen LogP contribution is 2.38. The summed E-state index contributed by atoms with van der Waals surface area (Å²) >= 11 is 6.72. The van der Waals surface area contributed by atoms with Crippen LogP contribution in [0.2, 0.25) is 5.02 Å². The van der Waals surface area contributed by atoms with Gasteiger partial charge in [0.15, 0.2) is 0 Å². The van der Waals surface area contributed by atoms with Gasteiger partial charge >= 0.3 is 0 Å². The third kappa shape index (κ3) is 3.98. The van der Waals surface area contributed by atoms with Crippen LogP contribution in [0, 0.1) is 0 Å². The average molecular weight is 458 g/mol. The maximum Gasteiger partial charge on any atom is 0.110 e. The number of rotatable bonds is 7. The molecule has 2 aliphatic heterocycles. The monoisotopic (exact) mass is 457 g/mol. The van der Waals surface area contributed by atoms with Gasteiger partial charge in [-0.15, -0.1) is 0 Å². The number of hydrogen-bond acceptors (Lipinski definition) is 4. The molecule has 32 heavy (non-hydrogen) atoms. The molecule has 6 nitrogen and oxygen atoms in total. The minimum absolute atomic E-state index is 0.202. The van der Waals surface area contributed by atoms with Crippen LogP contribution in [-0.2, 0) is 11.3 Å². The second kappa shape index (κ2) is 8.61. The fourth-order valence-electron chi connectivity index (χ4n) is 4.82. The molecular weight excluding hydrogens is 429 g/mol. The van der Waals surface area contributed by atoms with Gasteiger partial charge in [-0.05, 0) is 68.5 Å². The first-order valence-electron chi connectivity index (χ1n) is 11.2. The fraction of sp³-hybridized carbons (Fsp3) is 0.500. The highest BCUT2D eigenvalue weighted by Gasteiger charge is 2.41. The van der Waals surface area contributed by atoms with Crippen LogP contribution in [0.4, 0.5) is 4.39 Å². The zero-order valence-electron chi connectivity index (χ0n) is 18.4. The lowest BCUT2D eigenvalue weighted by Gasteiger charge is -2.50. The summed E-state index contributed by atoms with van der Waals surface area (Å²) in [6.45, 7) is 9.91. The lowest BCUT2D eigenvalue weighted by Crippen LogP contribution is -2.61.